The third-order valence-electron chi connectivity index (χ3n) is 2.37. The van der Waals surface area contributed by atoms with Crippen molar-refractivity contribution >= 4 is 29.9 Å². The van der Waals surface area contributed by atoms with Gasteiger partial charge in [-0.2, -0.15) is 0 Å². The van der Waals surface area contributed by atoms with Crippen molar-refractivity contribution in [2.75, 3.05) is 41.3 Å². The molecule has 0 fully saturated rings. The molecule has 0 atom stereocenters. The fraction of sp³-hybridized carbons (Fsp3) is 0.500. The number of hydrogen-bond acceptors (Lipinski definition) is 2. The number of halogens is 1. The first-order chi connectivity index (χ1) is 8.61. The van der Waals surface area contributed by atoms with Crippen LogP contribution >= 0.6 is 24.0 Å². The van der Waals surface area contributed by atoms with Crippen molar-refractivity contribution in [3.05, 3.63) is 30.3 Å². The van der Waals surface area contributed by atoms with E-state index in [0.717, 1.165) is 24.7 Å². The third kappa shape index (κ3) is 7.25. The molecule has 0 aliphatic carbocycles. The van der Waals surface area contributed by atoms with Crippen LogP contribution < -0.4 is 4.74 Å². The van der Waals surface area contributed by atoms with Crippen LogP contribution in [0, 0.1) is 0 Å². The second-order valence-electron chi connectivity index (χ2n) is 4.49. The van der Waals surface area contributed by atoms with Gasteiger partial charge in [0.1, 0.15) is 5.75 Å². The fourth-order valence-electron chi connectivity index (χ4n) is 1.63. The summed E-state index contributed by atoms with van der Waals surface area (Å²) < 4.78 is 5.61. The fourth-order valence-corrected chi connectivity index (χ4v) is 1.63. The molecule has 1 rings (SSSR count). The van der Waals surface area contributed by atoms with E-state index in [2.05, 4.69) is 4.99 Å². The molecule has 1 aromatic carbocycles. The Morgan fingerprint density at radius 2 is 1.63 bits per heavy atom. The summed E-state index contributed by atoms with van der Waals surface area (Å²) in [6.45, 7) is 1.47. The molecule has 19 heavy (non-hydrogen) atoms. The monoisotopic (exact) mass is 377 g/mol. The molecule has 1 aromatic rings. The van der Waals surface area contributed by atoms with E-state index >= 15 is 0 Å². The van der Waals surface area contributed by atoms with Crippen molar-refractivity contribution < 1.29 is 4.74 Å². The topological polar surface area (TPSA) is 28.1 Å². The van der Waals surface area contributed by atoms with Gasteiger partial charge in [0, 0.05) is 41.2 Å². The number of hydrogen-bond donors (Lipinski definition) is 0. The highest BCUT2D eigenvalue weighted by atomic mass is 127. The van der Waals surface area contributed by atoms with Crippen molar-refractivity contribution in [1.29, 1.82) is 0 Å². The second kappa shape index (κ2) is 9.89. The first-order valence-corrected chi connectivity index (χ1v) is 6.18. The van der Waals surface area contributed by atoms with E-state index in [0.29, 0.717) is 6.61 Å². The highest BCUT2D eigenvalue weighted by molar-refractivity contribution is 14.0. The number of benzene rings is 1. The molecule has 0 radical (unpaired) electrons. The predicted octanol–water partition coefficient (Wildman–Crippen LogP) is 2.55. The van der Waals surface area contributed by atoms with E-state index in [4.69, 9.17) is 4.74 Å². The van der Waals surface area contributed by atoms with E-state index in [1.807, 2.05) is 68.3 Å². The lowest BCUT2D eigenvalue weighted by molar-refractivity contribution is 0.313. The Labute approximate surface area is 133 Å². The van der Waals surface area contributed by atoms with Crippen LogP contribution in [0.4, 0.5) is 0 Å². The van der Waals surface area contributed by atoms with Gasteiger partial charge in [-0.1, -0.05) is 18.2 Å². The smallest absolute Gasteiger partial charge is 0.195 e. The van der Waals surface area contributed by atoms with Gasteiger partial charge in [-0.3, -0.25) is 4.99 Å². The number of guanidine groups is 1. The van der Waals surface area contributed by atoms with Crippen molar-refractivity contribution in [3.63, 3.8) is 0 Å². The minimum absolute atomic E-state index is 0. The summed E-state index contributed by atoms with van der Waals surface area (Å²) in [6.07, 6.45) is 0.917. The van der Waals surface area contributed by atoms with Crippen LogP contribution in [-0.4, -0.2) is 57.1 Å². The van der Waals surface area contributed by atoms with Crippen LogP contribution in [0.2, 0.25) is 0 Å². The molecule has 4 nitrogen and oxygen atoms in total. The van der Waals surface area contributed by atoms with Crippen molar-refractivity contribution in [2.45, 2.75) is 6.42 Å². The molecule has 0 spiro atoms. The SMILES string of the molecule is CN(C)C(=NCCCOc1ccccc1)N(C)C.I. The molecule has 0 unspecified atom stereocenters. The molecule has 0 aliphatic heterocycles. The van der Waals surface area contributed by atoms with E-state index in [-0.39, 0.29) is 24.0 Å². The van der Waals surface area contributed by atoms with Gasteiger partial charge in [0.15, 0.2) is 5.96 Å². The van der Waals surface area contributed by atoms with Crippen LogP contribution in [0.5, 0.6) is 5.75 Å². The van der Waals surface area contributed by atoms with Crippen LogP contribution in [0.15, 0.2) is 35.3 Å². The molecule has 5 heteroatoms. The van der Waals surface area contributed by atoms with E-state index in [1.165, 1.54) is 0 Å². The van der Waals surface area contributed by atoms with Crippen molar-refractivity contribution in [3.8, 4) is 5.75 Å². The quantitative estimate of drug-likeness (QED) is 0.342. The van der Waals surface area contributed by atoms with Crippen molar-refractivity contribution in [2.24, 2.45) is 4.99 Å². The third-order valence-corrected chi connectivity index (χ3v) is 2.37. The summed E-state index contributed by atoms with van der Waals surface area (Å²) in [4.78, 5) is 8.57. The maximum atomic E-state index is 5.61. The Kier molecular flexibility index (Phi) is 9.38. The molecule has 0 aromatic heterocycles. The molecule has 0 aliphatic rings. The van der Waals surface area contributed by atoms with Crippen molar-refractivity contribution in [1.82, 2.24) is 9.80 Å². The molecule has 0 saturated heterocycles. The van der Waals surface area contributed by atoms with Crippen LogP contribution in [-0.2, 0) is 0 Å². The standard InChI is InChI=1S/C14H23N3O.HI/c1-16(2)14(17(3)4)15-11-8-12-18-13-9-6-5-7-10-13;/h5-7,9-10H,8,11-12H2,1-4H3;1H. The number of para-hydroxylation sites is 1. The van der Waals surface area contributed by atoms with E-state index < -0.39 is 0 Å². The van der Waals surface area contributed by atoms with Gasteiger partial charge in [0.05, 0.1) is 6.61 Å². The Hall–Kier alpha value is -0.980. The molecular weight excluding hydrogens is 353 g/mol. The van der Waals surface area contributed by atoms with Gasteiger partial charge in [-0.15, -0.1) is 24.0 Å². The normalized spacial score (nSPS) is 9.26. The maximum Gasteiger partial charge on any atom is 0.195 e. The highest BCUT2D eigenvalue weighted by Gasteiger charge is 2.02. The maximum absolute atomic E-state index is 5.61. The van der Waals surface area contributed by atoms with Gasteiger partial charge in [0.25, 0.3) is 0 Å². The predicted molar refractivity (Wildman–Crippen MR) is 91.6 cm³/mol. The summed E-state index contributed by atoms with van der Waals surface area (Å²) in [7, 11) is 8.00. The highest BCUT2D eigenvalue weighted by Crippen LogP contribution is 2.08. The van der Waals surface area contributed by atoms with Gasteiger partial charge in [-0.05, 0) is 12.1 Å². The minimum Gasteiger partial charge on any atom is -0.494 e. The Balaban J connectivity index is 0.00000324. The summed E-state index contributed by atoms with van der Waals surface area (Å²) in [5.41, 5.74) is 0. The van der Waals surface area contributed by atoms with Crippen LogP contribution in [0.3, 0.4) is 0 Å². The summed E-state index contributed by atoms with van der Waals surface area (Å²) in [6, 6.07) is 9.87. The number of nitrogens with zero attached hydrogens (tertiary/aromatic N) is 3. The molecular formula is C14H24IN3O. The molecule has 0 saturated carbocycles. The lowest BCUT2D eigenvalue weighted by atomic mass is 10.3. The zero-order valence-electron chi connectivity index (χ0n) is 12.2. The Morgan fingerprint density at radius 1 is 1.05 bits per heavy atom. The number of rotatable bonds is 5. The number of ether oxygens (including phenoxy) is 1. The molecule has 0 amide bonds. The van der Waals surface area contributed by atoms with Gasteiger partial charge in [-0.25, -0.2) is 0 Å². The van der Waals surface area contributed by atoms with Gasteiger partial charge >= 0.3 is 0 Å². The number of aliphatic imine (C=N–C) groups is 1. The second-order valence-corrected chi connectivity index (χ2v) is 4.49. The molecule has 0 N–H and O–H groups in total. The average Bonchev–Trinajstić information content (AvgIpc) is 2.34. The zero-order chi connectivity index (χ0) is 13.4. The van der Waals surface area contributed by atoms with Crippen LogP contribution in [0.25, 0.3) is 0 Å². The summed E-state index contributed by atoms with van der Waals surface area (Å²) >= 11 is 0. The molecule has 108 valence electrons. The first kappa shape index (κ1) is 18.0. The van der Waals surface area contributed by atoms with E-state index in [9.17, 15) is 0 Å². The summed E-state index contributed by atoms with van der Waals surface area (Å²) in [5.74, 6) is 1.90. The largest absolute Gasteiger partial charge is 0.494 e. The minimum atomic E-state index is 0. The molecule has 0 heterocycles. The van der Waals surface area contributed by atoms with Crippen LogP contribution in [0.1, 0.15) is 6.42 Å². The van der Waals surface area contributed by atoms with E-state index in [1.54, 1.807) is 0 Å². The Morgan fingerprint density at radius 3 is 2.16 bits per heavy atom. The molecule has 0 bridgehead atoms. The van der Waals surface area contributed by atoms with Gasteiger partial charge < -0.3 is 14.5 Å². The summed E-state index contributed by atoms with van der Waals surface area (Å²) in [5, 5.41) is 0. The first-order valence-electron chi connectivity index (χ1n) is 6.18. The lowest BCUT2D eigenvalue weighted by Gasteiger charge is -2.22. The lowest BCUT2D eigenvalue weighted by Crippen LogP contribution is -2.35. The average molecular weight is 377 g/mol. The van der Waals surface area contributed by atoms with Gasteiger partial charge in [0.2, 0.25) is 0 Å². The zero-order valence-corrected chi connectivity index (χ0v) is 14.5. The Bertz CT molecular complexity index is 356.